The summed E-state index contributed by atoms with van der Waals surface area (Å²) in [6.45, 7) is 3.61. The first-order valence-electron chi connectivity index (χ1n) is 7.18. The van der Waals surface area contributed by atoms with Gasteiger partial charge in [-0.1, -0.05) is 24.6 Å². The van der Waals surface area contributed by atoms with Gasteiger partial charge in [-0.2, -0.15) is 0 Å². The zero-order valence-electron chi connectivity index (χ0n) is 12.1. The van der Waals surface area contributed by atoms with Gasteiger partial charge in [-0.25, -0.2) is 4.98 Å². The van der Waals surface area contributed by atoms with Gasteiger partial charge >= 0.3 is 5.97 Å². The number of carboxylic acids is 1. The van der Waals surface area contributed by atoms with Crippen LogP contribution in [0.5, 0.6) is 0 Å². The molecule has 0 aliphatic carbocycles. The molecule has 0 saturated carbocycles. The molecule has 1 unspecified atom stereocenters. The number of hydrogen-bond acceptors (Lipinski definition) is 5. The Labute approximate surface area is 132 Å². The van der Waals surface area contributed by atoms with Crippen LogP contribution in [0.15, 0.2) is 9.72 Å². The average Bonchev–Trinajstić information content (AvgIpc) is 2.71. The van der Waals surface area contributed by atoms with E-state index in [9.17, 15) is 9.59 Å². The molecule has 1 atom stereocenters. The van der Waals surface area contributed by atoms with Crippen LogP contribution in [0, 0.1) is 0 Å². The van der Waals surface area contributed by atoms with Crippen LogP contribution < -0.4 is 0 Å². The lowest BCUT2D eigenvalue weighted by Crippen LogP contribution is -2.37. The number of likely N-dealkylation sites (tertiary alicyclic amines) is 1. The van der Waals surface area contributed by atoms with Crippen molar-refractivity contribution in [1.82, 2.24) is 9.88 Å². The highest BCUT2D eigenvalue weighted by atomic mass is 32.2. The molecule has 1 aromatic heterocycles. The molecule has 7 heteroatoms. The minimum Gasteiger partial charge on any atom is -0.481 e. The van der Waals surface area contributed by atoms with E-state index in [1.54, 1.807) is 5.38 Å². The fourth-order valence-corrected chi connectivity index (χ4v) is 4.39. The van der Waals surface area contributed by atoms with Gasteiger partial charge in [0.15, 0.2) is 4.34 Å². The van der Waals surface area contributed by atoms with Gasteiger partial charge in [0.25, 0.3) is 0 Å². The third kappa shape index (κ3) is 5.00. The number of rotatable bonds is 5. The minimum absolute atomic E-state index is 0.0640. The first-order chi connectivity index (χ1) is 10.1. The quantitative estimate of drug-likeness (QED) is 0.842. The van der Waals surface area contributed by atoms with Crippen LogP contribution in [-0.4, -0.2) is 45.2 Å². The molecule has 0 aromatic carbocycles. The number of aromatic nitrogens is 1. The normalized spacial score (nSPS) is 17.3. The molecule has 0 spiro atoms. The van der Waals surface area contributed by atoms with E-state index in [2.05, 4.69) is 4.98 Å². The van der Waals surface area contributed by atoms with Crippen molar-refractivity contribution >= 4 is 35.0 Å². The summed E-state index contributed by atoms with van der Waals surface area (Å²) in [5.41, 5.74) is 0.560. The standard InChI is InChI=1S/C14H20N2O3S2/c1-10(13(19)16-6-4-2-3-5-7-16)21-14-15-11(9-20-14)8-12(17)18/h9-10H,2-8H2,1H3,(H,17,18). The molecule has 1 fully saturated rings. The van der Waals surface area contributed by atoms with Crippen LogP contribution in [0.4, 0.5) is 0 Å². The van der Waals surface area contributed by atoms with Gasteiger partial charge in [-0.05, 0) is 19.8 Å². The summed E-state index contributed by atoms with van der Waals surface area (Å²) < 4.78 is 0.766. The van der Waals surface area contributed by atoms with Crippen LogP contribution in [0.1, 0.15) is 38.3 Å². The van der Waals surface area contributed by atoms with Crippen LogP contribution in [-0.2, 0) is 16.0 Å². The molecule has 21 heavy (non-hydrogen) atoms. The Kier molecular flexibility index (Phi) is 6.05. The van der Waals surface area contributed by atoms with Crippen molar-refractivity contribution in [2.24, 2.45) is 0 Å². The van der Waals surface area contributed by atoms with Crippen molar-refractivity contribution in [3.8, 4) is 0 Å². The van der Waals surface area contributed by atoms with Gasteiger partial charge in [-0.3, -0.25) is 9.59 Å². The molecular weight excluding hydrogens is 308 g/mol. The Hall–Kier alpha value is -1.08. The Bertz CT molecular complexity index is 496. The van der Waals surface area contributed by atoms with Crippen molar-refractivity contribution in [3.63, 3.8) is 0 Å². The van der Waals surface area contributed by atoms with Gasteiger partial charge in [0.2, 0.25) is 5.91 Å². The Morgan fingerprint density at radius 3 is 2.67 bits per heavy atom. The predicted molar refractivity (Wildman–Crippen MR) is 83.8 cm³/mol. The molecular formula is C14H20N2O3S2. The van der Waals surface area contributed by atoms with E-state index >= 15 is 0 Å². The van der Waals surface area contributed by atoms with Crippen LogP contribution in [0.3, 0.4) is 0 Å². The summed E-state index contributed by atoms with van der Waals surface area (Å²) >= 11 is 2.83. The van der Waals surface area contributed by atoms with Gasteiger partial charge in [-0.15, -0.1) is 11.3 Å². The second kappa shape index (κ2) is 7.79. The molecule has 2 heterocycles. The van der Waals surface area contributed by atoms with Crippen LogP contribution in [0.2, 0.25) is 0 Å². The fourth-order valence-electron chi connectivity index (χ4n) is 2.33. The minimum atomic E-state index is -0.884. The summed E-state index contributed by atoms with van der Waals surface area (Å²) in [7, 11) is 0. The first-order valence-corrected chi connectivity index (χ1v) is 8.94. The highest BCUT2D eigenvalue weighted by Gasteiger charge is 2.23. The second-order valence-electron chi connectivity index (χ2n) is 5.17. The molecule has 1 amide bonds. The van der Waals surface area contributed by atoms with Crippen molar-refractivity contribution < 1.29 is 14.7 Å². The number of aliphatic carboxylic acids is 1. The summed E-state index contributed by atoms with van der Waals surface area (Å²) in [5, 5.41) is 10.3. The molecule has 0 bridgehead atoms. The Morgan fingerprint density at radius 1 is 1.38 bits per heavy atom. The maximum Gasteiger partial charge on any atom is 0.309 e. The van der Waals surface area contributed by atoms with Gasteiger partial charge < -0.3 is 10.0 Å². The van der Waals surface area contributed by atoms with E-state index in [0.29, 0.717) is 5.69 Å². The molecule has 1 aliphatic rings. The van der Waals surface area contributed by atoms with E-state index in [1.165, 1.54) is 35.9 Å². The van der Waals surface area contributed by atoms with E-state index in [-0.39, 0.29) is 17.6 Å². The lowest BCUT2D eigenvalue weighted by molar-refractivity contribution is -0.136. The van der Waals surface area contributed by atoms with Gasteiger partial charge in [0, 0.05) is 18.5 Å². The van der Waals surface area contributed by atoms with Crippen molar-refractivity contribution in [2.75, 3.05) is 13.1 Å². The van der Waals surface area contributed by atoms with Crippen LogP contribution >= 0.6 is 23.1 Å². The zero-order valence-corrected chi connectivity index (χ0v) is 13.7. The molecule has 116 valence electrons. The predicted octanol–water partition coefficient (Wildman–Crippen LogP) is 2.65. The number of nitrogens with zero attached hydrogens (tertiary/aromatic N) is 2. The number of thioether (sulfide) groups is 1. The van der Waals surface area contributed by atoms with Crippen LogP contribution in [0.25, 0.3) is 0 Å². The smallest absolute Gasteiger partial charge is 0.309 e. The Morgan fingerprint density at radius 2 is 2.05 bits per heavy atom. The molecule has 1 saturated heterocycles. The van der Waals surface area contributed by atoms with Crippen molar-refractivity contribution in [1.29, 1.82) is 0 Å². The fraction of sp³-hybridized carbons (Fsp3) is 0.643. The number of amides is 1. The number of thiazole rings is 1. The highest BCUT2D eigenvalue weighted by molar-refractivity contribution is 8.02. The van der Waals surface area contributed by atoms with Crippen molar-refractivity contribution in [3.05, 3.63) is 11.1 Å². The van der Waals surface area contributed by atoms with E-state index in [1.807, 2.05) is 11.8 Å². The largest absolute Gasteiger partial charge is 0.481 e. The molecule has 1 aromatic rings. The molecule has 1 N–H and O–H groups in total. The highest BCUT2D eigenvalue weighted by Crippen LogP contribution is 2.28. The number of carboxylic acid groups (broad SMARTS) is 1. The summed E-state index contributed by atoms with van der Waals surface area (Å²) in [6, 6.07) is 0. The summed E-state index contributed by atoms with van der Waals surface area (Å²) in [5.74, 6) is -0.720. The summed E-state index contributed by atoms with van der Waals surface area (Å²) in [4.78, 5) is 29.3. The van der Waals surface area contributed by atoms with E-state index in [4.69, 9.17) is 5.11 Å². The second-order valence-corrected chi connectivity index (χ2v) is 7.62. The zero-order chi connectivity index (χ0) is 15.2. The maximum atomic E-state index is 12.4. The maximum absolute atomic E-state index is 12.4. The van der Waals surface area contributed by atoms with E-state index in [0.717, 1.165) is 30.3 Å². The molecule has 1 aliphatic heterocycles. The van der Waals surface area contributed by atoms with Gasteiger partial charge in [0.1, 0.15) is 0 Å². The average molecular weight is 328 g/mol. The Balaban J connectivity index is 1.90. The summed E-state index contributed by atoms with van der Waals surface area (Å²) in [6.07, 6.45) is 4.52. The third-order valence-electron chi connectivity index (χ3n) is 3.41. The molecule has 2 rings (SSSR count). The first kappa shape index (κ1) is 16.3. The SMILES string of the molecule is CC(Sc1nc(CC(=O)O)cs1)C(=O)N1CCCCCC1. The van der Waals surface area contributed by atoms with Crippen molar-refractivity contribution in [2.45, 2.75) is 48.6 Å². The topological polar surface area (TPSA) is 70.5 Å². The number of carbonyl (C=O) groups is 2. The lowest BCUT2D eigenvalue weighted by atomic mass is 10.2. The third-order valence-corrected chi connectivity index (χ3v) is 5.51. The lowest BCUT2D eigenvalue weighted by Gasteiger charge is -2.23. The number of hydrogen-bond donors (Lipinski definition) is 1. The monoisotopic (exact) mass is 328 g/mol. The molecule has 0 radical (unpaired) electrons. The van der Waals surface area contributed by atoms with Gasteiger partial charge in [0.05, 0.1) is 17.4 Å². The molecule has 5 nitrogen and oxygen atoms in total. The van der Waals surface area contributed by atoms with E-state index < -0.39 is 5.97 Å². The number of carbonyl (C=O) groups excluding carboxylic acids is 1.